The highest BCUT2D eigenvalue weighted by Gasteiger charge is 1.96. The Bertz CT molecular complexity index is 277. The second kappa shape index (κ2) is 4.04. The molecule has 1 aromatic rings. The molecule has 4 heteroatoms. The average molecular weight is 251 g/mol. The number of benzene rings is 1. The normalized spacial score (nSPS) is 9.27. The van der Waals surface area contributed by atoms with Gasteiger partial charge in [-0.2, -0.15) is 0 Å². The molecule has 0 aliphatic carbocycles. The summed E-state index contributed by atoms with van der Waals surface area (Å²) in [7, 11) is 0. The van der Waals surface area contributed by atoms with E-state index in [1.165, 1.54) is 5.49 Å². The van der Waals surface area contributed by atoms with Crippen molar-refractivity contribution in [2.45, 2.75) is 0 Å². The molecule has 0 fully saturated rings. The van der Waals surface area contributed by atoms with E-state index in [0.29, 0.717) is 5.02 Å². The zero-order chi connectivity index (χ0) is 8.27. The molecule has 1 rings (SSSR count). The molecule has 11 heavy (non-hydrogen) atoms. The Kier molecular flexibility index (Phi) is 3.30. The standard InChI is InChI=1S/C7H5BrClNS/c8-6-3-5(10-4-11)1-2-7(6)9/h1-4H,(H,10,11). The second-order valence-electron chi connectivity index (χ2n) is 1.89. The van der Waals surface area contributed by atoms with Gasteiger partial charge in [0, 0.05) is 10.2 Å². The van der Waals surface area contributed by atoms with Crippen LogP contribution < -0.4 is 5.32 Å². The van der Waals surface area contributed by atoms with Crippen LogP contribution in [0.2, 0.25) is 5.02 Å². The van der Waals surface area contributed by atoms with E-state index >= 15 is 0 Å². The Hall–Kier alpha value is -0.120. The third-order valence-corrected chi connectivity index (χ3v) is 2.48. The molecule has 58 valence electrons. The predicted octanol–water partition coefficient (Wildman–Crippen LogP) is 3.47. The van der Waals surface area contributed by atoms with Gasteiger partial charge in [0.1, 0.15) is 0 Å². The number of nitrogens with one attached hydrogen (secondary N) is 1. The molecule has 0 spiro atoms. The number of halogens is 2. The van der Waals surface area contributed by atoms with Gasteiger partial charge < -0.3 is 5.32 Å². The van der Waals surface area contributed by atoms with E-state index in [1.807, 2.05) is 12.1 Å². The number of hydrogen-bond donors (Lipinski definition) is 1. The average Bonchev–Trinajstić information content (AvgIpc) is 1.98. The monoisotopic (exact) mass is 249 g/mol. The largest absolute Gasteiger partial charge is 0.353 e. The molecule has 0 unspecified atom stereocenters. The molecule has 0 saturated heterocycles. The number of anilines is 1. The maximum atomic E-state index is 5.77. The van der Waals surface area contributed by atoms with Crippen LogP contribution in [0.3, 0.4) is 0 Å². The van der Waals surface area contributed by atoms with Gasteiger partial charge in [0.15, 0.2) is 0 Å². The van der Waals surface area contributed by atoms with Crippen LogP contribution in [0.5, 0.6) is 0 Å². The van der Waals surface area contributed by atoms with Gasteiger partial charge >= 0.3 is 0 Å². The lowest BCUT2D eigenvalue weighted by Crippen LogP contribution is -1.90. The lowest BCUT2D eigenvalue weighted by Gasteiger charge is -2.00. The smallest absolute Gasteiger partial charge is 0.0658 e. The minimum Gasteiger partial charge on any atom is -0.353 e. The molecule has 0 heterocycles. The van der Waals surface area contributed by atoms with Crippen molar-refractivity contribution in [1.82, 2.24) is 0 Å². The predicted molar refractivity (Wildman–Crippen MR) is 56.4 cm³/mol. The summed E-state index contributed by atoms with van der Waals surface area (Å²) in [4.78, 5) is 0. The Morgan fingerprint density at radius 3 is 2.82 bits per heavy atom. The van der Waals surface area contributed by atoms with Crippen LogP contribution in [-0.4, -0.2) is 5.49 Å². The molecule has 0 bridgehead atoms. The van der Waals surface area contributed by atoms with E-state index in [0.717, 1.165) is 10.2 Å². The fourth-order valence-electron chi connectivity index (χ4n) is 0.654. The van der Waals surface area contributed by atoms with Crippen LogP contribution in [0.15, 0.2) is 22.7 Å². The van der Waals surface area contributed by atoms with Crippen LogP contribution in [0.1, 0.15) is 0 Å². The van der Waals surface area contributed by atoms with E-state index in [2.05, 4.69) is 33.5 Å². The maximum absolute atomic E-state index is 5.77. The molecular formula is C7H5BrClNS. The summed E-state index contributed by atoms with van der Waals surface area (Å²) in [6.07, 6.45) is 0. The zero-order valence-electron chi connectivity index (χ0n) is 5.47. The highest BCUT2D eigenvalue weighted by molar-refractivity contribution is 9.10. The first-order chi connectivity index (χ1) is 5.24. The van der Waals surface area contributed by atoms with Crippen molar-refractivity contribution < 1.29 is 0 Å². The third kappa shape index (κ3) is 2.43. The van der Waals surface area contributed by atoms with Gasteiger partial charge in [0.05, 0.1) is 10.5 Å². The first-order valence-electron chi connectivity index (χ1n) is 2.89. The molecule has 0 atom stereocenters. The Morgan fingerprint density at radius 1 is 1.55 bits per heavy atom. The number of hydrogen-bond acceptors (Lipinski definition) is 1. The second-order valence-corrected chi connectivity index (χ2v) is 3.39. The first kappa shape index (κ1) is 8.97. The van der Waals surface area contributed by atoms with Crippen LogP contribution in [0.25, 0.3) is 0 Å². The highest BCUT2D eigenvalue weighted by atomic mass is 79.9. The van der Waals surface area contributed by atoms with Gasteiger partial charge in [-0.15, -0.1) is 0 Å². The van der Waals surface area contributed by atoms with Gasteiger partial charge in [0.2, 0.25) is 0 Å². The Morgan fingerprint density at radius 2 is 2.27 bits per heavy atom. The summed E-state index contributed by atoms with van der Waals surface area (Å²) in [6, 6.07) is 5.52. The van der Waals surface area contributed by atoms with Crippen LogP contribution in [0.4, 0.5) is 5.69 Å². The topological polar surface area (TPSA) is 12.0 Å². The van der Waals surface area contributed by atoms with E-state index in [4.69, 9.17) is 11.6 Å². The molecule has 0 aliphatic rings. The summed E-state index contributed by atoms with van der Waals surface area (Å²) in [5.74, 6) is 0. The molecule has 1 N–H and O–H groups in total. The van der Waals surface area contributed by atoms with Crippen LogP contribution >= 0.6 is 39.7 Å². The zero-order valence-corrected chi connectivity index (χ0v) is 8.63. The van der Waals surface area contributed by atoms with Crippen molar-refractivity contribution in [3.05, 3.63) is 27.7 Å². The molecule has 1 nitrogen and oxygen atoms in total. The fourth-order valence-corrected chi connectivity index (χ4v) is 1.29. The molecule has 1 aromatic carbocycles. The minimum atomic E-state index is 0.694. The molecule has 0 amide bonds. The van der Waals surface area contributed by atoms with Crippen molar-refractivity contribution in [3.8, 4) is 0 Å². The van der Waals surface area contributed by atoms with Crippen molar-refractivity contribution in [3.63, 3.8) is 0 Å². The van der Waals surface area contributed by atoms with Crippen LogP contribution in [0, 0.1) is 0 Å². The Balaban J connectivity index is 2.95. The summed E-state index contributed by atoms with van der Waals surface area (Å²) in [5.41, 5.74) is 2.38. The van der Waals surface area contributed by atoms with Gasteiger partial charge in [-0.1, -0.05) is 23.8 Å². The van der Waals surface area contributed by atoms with Gasteiger partial charge in [-0.3, -0.25) is 0 Å². The lowest BCUT2D eigenvalue weighted by molar-refractivity contribution is 1.62. The molecule has 0 aromatic heterocycles. The van der Waals surface area contributed by atoms with Gasteiger partial charge in [0.25, 0.3) is 0 Å². The van der Waals surface area contributed by atoms with Crippen LogP contribution in [-0.2, 0) is 0 Å². The van der Waals surface area contributed by atoms with E-state index < -0.39 is 0 Å². The summed E-state index contributed by atoms with van der Waals surface area (Å²) < 4.78 is 0.862. The first-order valence-corrected chi connectivity index (χ1v) is 4.53. The Labute approximate surface area is 83.9 Å². The van der Waals surface area contributed by atoms with Crippen molar-refractivity contribution >= 4 is 50.9 Å². The highest BCUT2D eigenvalue weighted by Crippen LogP contribution is 2.25. The third-order valence-electron chi connectivity index (χ3n) is 1.15. The molecule has 0 radical (unpaired) electrons. The molecule has 0 saturated carbocycles. The number of rotatable bonds is 2. The quantitative estimate of drug-likeness (QED) is 0.807. The SMILES string of the molecule is S=CNc1ccc(Cl)c(Br)c1. The summed E-state index contributed by atoms with van der Waals surface area (Å²) in [5, 5.41) is 3.57. The number of thiocarbonyl (C=S) groups is 1. The van der Waals surface area contributed by atoms with Gasteiger partial charge in [-0.25, -0.2) is 0 Å². The van der Waals surface area contributed by atoms with Crippen molar-refractivity contribution in [2.75, 3.05) is 5.32 Å². The van der Waals surface area contributed by atoms with Crippen molar-refractivity contribution in [2.24, 2.45) is 0 Å². The molecular weight excluding hydrogens is 246 g/mol. The van der Waals surface area contributed by atoms with E-state index in [1.54, 1.807) is 6.07 Å². The fraction of sp³-hybridized carbons (Fsp3) is 0. The van der Waals surface area contributed by atoms with Crippen molar-refractivity contribution in [1.29, 1.82) is 0 Å². The summed E-state index contributed by atoms with van der Waals surface area (Å²) >= 11 is 13.7. The van der Waals surface area contributed by atoms with E-state index in [-0.39, 0.29) is 0 Å². The maximum Gasteiger partial charge on any atom is 0.0658 e. The van der Waals surface area contributed by atoms with Gasteiger partial charge in [-0.05, 0) is 34.1 Å². The molecule has 0 aliphatic heterocycles. The minimum absolute atomic E-state index is 0.694. The summed E-state index contributed by atoms with van der Waals surface area (Å²) in [6.45, 7) is 0. The van der Waals surface area contributed by atoms with E-state index in [9.17, 15) is 0 Å². The lowest BCUT2D eigenvalue weighted by atomic mass is 10.3.